The summed E-state index contributed by atoms with van der Waals surface area (Å²) in [5.41, 5.74) is 6.34. The normalized spacial score (nSPS) is 12.5. The molecule has 0 radical (unpaired) electrons. The molecular formula is C13H13NO3. The lowest BCUT2D eigenvalue weighted by Gasteiger charge is -2.10. The molecule has 1 unspecified atom stereocenters. The standard InChI is InChI=1S/C13H13NO3/c14-11(13(16)17)7-8-5-6-12(15)10-4-2-1-3-9(8)10/h1-6,11,15H,7,14H2,(H,16,17). The number of aromatic hydroxyl groups is 1. The summed E-state index contributed by atoms with van der Waals surface area (Å²) in [5.74, 6) is -0.838. The van der Waals surface area contributed by atoms with Crippen LogP contribution in [0.4, 0.5) is 0 Å². The van der Waals surface area contributed by atoms with Gasteiger partial charge >= 0.3 is 5.97 Å². The number of carboxylic acids is 1. The highest BCUT2D eigenvalue weighted by Gasteiger charge is 2.14. The molecule has 0 aromatic heterocycles. The second-order valence-corrected chi connectivity index (χ2v) is 3.94. The summed E-state index contributed by atoms with van der Waals surface area (Å²) in [6, 6.07) is 9.65. The highest BCUT2D eigenvalue weighted by atomic mass is 16.4. The lowest BCUT2D eigenvalue weighted by Crippen LogP contribution is -2.32. The van der Waals surface area contributed by atoms with Gasteiger partial charge in [-0.25, -0.2) is 0 Å². The van der Waals surface area contributed by atoms with Gasteiger partial charge in [0.25, 0.3) is 0 Å². The molecule has 0 aliphatic rings. The minimum atomic E-state index is -1.03. The fraction of sp³-hybridized carbons (Fsp3) is 0.154. The van der Waals surface area contributed by atoms with E-state index < -0.39 is 12.0 Å². The second kappa shape index (κ2) is 4.43. The number of nitrogens with two attached hydrogens (primary N) is 1. The van der Waals surface area contributed by atoms with E-state index in [1.807, 2.05) is 18.2 Å². The first-order valence-electron chi connectivity index (χ1n) is 5.27. The van der Waals surface area contributed by atoms with E-state index in [9.17, 15) is 9.90 Å². The Morgan fingerprint density at radius 2 is 1.82 bits per heavy atom. The van der Waals surface area contributed by atoms with Gasteiger partial charge in [-0.05, 0) is 23.4 Å². The summed E-state index contributed by atoms with van der Waals surface area (Å²) in [7, 11) is 0. The van der Waals surface area contributed by atoms with Crippen LogP contribution >= 0.6 is 0 Å². The Morgan fingerprint density at radius 3 is 2.47 bits per heavy atom. The number of phenolic OH excluding ortho intramolecular Hbond substituents is 1. The maximum Gasteiger partial charge on any atom is 0.320 e. The predicted molar refractivity (Wildman–Crippen MR) is 64.9 cm³/mol. The van der Waals surface area contributed by atoms with Gasteiger partial charge in [-0.1, -0.05) is 30.3 Å². The zero-order chi connectivity index (χ0) is 12.4. The highest BCUT2D eigenvalue weighted by Crippen LogP contribution is 2.27. The molecule has 0 bridgehead atoms. The maximum absolute atomic E-state index is 10.7. The van der Waals surface area contributed by atoms with Crippen LogP contribution in [0, 0.1) is 0 Å². The van der Waals surface area contributed by atoms with E-state index in [4.69, 9.17) is 10.8 Å². The average Bonchev–Trinajstić information content (AvgIpc) is 2.33. The minimum Gasteiger partial charge on any atom is -0.507 e. The van der Waals surface area contributed by atoms with Crippen LogP contribution in [-0.2, 0) is 11.2 Å². The van der Waals surface area contributed by atoms with E-state index in [1.54, 1.807) is 18.2 Å². The Kier molecular flexibility index (Phi) is 2.97. The molecule has 0 aliphatic carbocycles. The molecule has 0 aliphatic heterocycles. The zero-order valence-corrected chi connectivity index (χ0v) is 9.13. The number of hydrogen-bond donors (Lipinski definition) is 3. The van der Waals surface area contributed by atoms with Gasteiger partial charge in [0, 0.05) is 5.39 Å². The lowest BCUT2D eigenvalue weighted by atomic mass is 9.98. The van der Waals surface area contributed by atoms with E-state index in [0.717, 1.165) is 10.9 Å². The number of benzene rings is 2. The van der Waals surface area contributed by atoms with Crippen molar-refractivity contribution in [2.24, 2.45) is 5.73 Å². The minimum absolute atomic E-state index is 0.188. The van der Waals surface area contributed by atoms with Gasteiger partial charge in [-0.15, -0.1) is 0 Å². The zero-order valence-electron chi connectivity index (χ0n) is 9.13. The van der Waals surface area contributed by atoms with Gasteiger partial charge in [0.2, 0.25) is 0 Å². The molecule has 2 aromatic carbocycles. The van der Waals surface area contributed by atoms with Crippen LogP contribution < -0.4 is 5.73 Å². The summed E-state index contributed by atoms with van der Waals surface area (Å²) >= 11 is 0. The van der Waals surface area contributed by atoms with Crippen molar-refractivity contribution in [1.82, 2.24) is 0 Å². The average molecular weight is 231 g/mol. The molecule has 4 heteroatoms. The van der Waals surface area contributed by atoms with Crippen molar-refractivity contribution < 1.29 is 15.0 Å². The Balaban J connectivity index is 2.48. The first-order chi connectivity index (χ1) is 8.09. The quantitative estimate of drug-likeness (QED) is 0.747. The predicted octanol–water partition coefficient (Wildman–Crippen LogP) is 1.50. The molecule has 0 saturated heterocycles. The van der Waals surface area contributed by atoms with E-state index in [-0.39, 0.29) is 12.2 Å². The van der Waals surface area contributed by atoms with Crippen molar-refractivity contribution in [3.63, 3.8) is 0 Å². The SMILES string of the molecule is NC(Cc1ccc(O)c2ccccc12)C(=O)O. The summed E-state index contributed by atoms with van der Waals surface area (Å²) in [5, 5.41) is 20.0. The maximum atomic E-state index is 10.7. The van der Waals surface area contributed by atoms with Gasteiger partial charge in [0.05, 0.1) is 0 Å². The summed E-state index contributed by atoms with van der Waals surface area (Å²) in [6.45, 7) is 0. The number of aliphatic carboxylic acids is 1. The van der Waals surface area contributed by atoms with E-state index in [2.05, 4.69) is 0 Å². The van der Waals surface area contributed by atoms with Gasteiger partial charge in [-0.2, -0.15) is 0 Å². The van der Waals surface area contributed by atoms with Crippen LogP contribution in [-0.4, -0.2) is 22.2 Å². The Hall–Kier alpha value is -2.07. The van der Waals surface area contributed by atoms with E-state index >= 15 is 0 Å². The number of fused-ring (bicyclic) bond motifs is 1. The van der Waals surface area contributed by atoms with Crippen molar-refractivity contribution in [2.45, 2.75) is 12.5 Å². The fourth-order valence-electron chi connectivity index (χ4n) is 1.85. The van der Waals surface area contributed by atoms with Crippen molar-refractivity contribution in [1.29, 1.82) is 0 Å². The van der Waals surface area contributed by atoms with Crippen molar-refractivity contribution in [3.8, 4) is 5.75 Å². The first kappa shape index (κ1) is 11.4. The second-order valence-electron chi connectivity index (χ2n) is 3.94. The number of carboxylic acid groups (broad SMARTS) is 1. The molecule has 0 amide bonds. The third kappa shape index (κ3) is 2.21. The van der Waals surface area contributed by atoms with Crippen LogP contribution in [0.25, 0.3) is 10.8 Å². The van der Waals surface area contributed by atoms with Gasteiger partial charge in [-0.3, -0.25) is 4.79 Å². The molecule has 0 heterocycles. The Bertz CT molecular complexity index is 566. The monoisotopic (exact) mass is 231 g/mol. The van der Waals surface area contributed by atoms with E-state index in [1.165, 1.54) is 0 Å². The number of hydrogen-bond acceptors (Lipinski definition) is 3. The molecule has 4 nitrogen and oxygen atoms in total. The highest BCUT2D eigenvalue weighted by molar-refractivity contribution is 5.91. The molecule has 4 N–H and O–H groups in total. The Morgan fingerprint density at radius 1 is 1.18 bits per heavy atom. The molecule has 2 rings (SSSR count). The van der Waals surface area contributed by atoms with Crippen molar-refractivity contribution in [3.05, 3.63) is 42.0 Å². The summed E-state index contributed by atoms with van der Waals surface area (Å²) in [6.07, 6.45) is 0.246. The van der Waals surface area contributed by atoms with Crippen LogP contribution in [0.3, 0.4) is 0 Å². The molecule has 0 fully saturated rings. The molecular weight excluding hydrogens is 218 g/mol. The number of rotatable bonds is 3. The molecule has 2 aromatic rings. The lowest BCUT2D eigenvalue weighted by molar-refractivity contribution is -0.138. The summed E-state index contributed by atoms with van der Waals surface area (Å²) < 4.78 is 0. The molecule has 17 heavy (non-hydrogen) atoms. The van der Waals surface area contributed by atoms with Crippen LogP contribution in [0.2, 0.25) is 0 Å². The molecule has 88 valence electrons. The van der Waals surface area contributed by atoms with Crippen LogP contribution in [0.15, 0.2) is 36.4 Å². The number of carbonyl (C=O) groups is 1. The van der Waals surface area contributed by atoms with Gasteiger partial charge in [0.15, 0.2) is 0 Å². The largest absolute Gasteiger partial charge is 0.507 e. The van der Waals surface area contributed by atoms with E-state index in [0.29, 0.717) is 5.39 Å². The van der Waals surface area contributed by atoms with Gasteiger partial charge < -0.3 is 15.9 Å². The number of phenols is 1. The molecule has 0 spiro atoms. The smallest absolute Gasteiger partial charge is 0.320 e. The first-order valence-corrected chi connectivity index (χ1v) is 5.27. The van der Waals surface area contributed by atoms with Crippen molar-refractivity contribution >= 4 is 16.7 Å². The molecule has 0 saturated carbocycles. The fourth-order valence-corrected chi connectivity index (χ4v) is 1.85. The van der Waals surface area contributed by atoms with Gasteiger partial charge in [0.1, 0.15) is 11.8 Å². The van der Waals surface area contributed by atoms with Crippen LogP contribution in [0.1, 0.15) is 5.56 Å². The van der Waals surface area contributed by atoms with Crippen molar-refractivity contribution in [2.75, 3.05) is 0 Å². The van der Waals surface area contributed by atoms with Crippen LogP contribution in [0.5, 0.6) is 5.75 Å². The summed E-state index contributed by atoms with van der Waals surface area (Å²) in [4.78, 5) is 10.7. The molecule has 1 atom stereocenters. The third-order valence-electron chi connectivity index (χ3n) is 2.75. The Labute approximate surface area is 98.3 Å². The third-order valence-corrected chi connectivity index (χ3v) is 2.75. The topological polar surface area (TPSA) is 83.5 Å².